The number of nitrogens with one attached hydrogen (secondary N) is 2. The number of ether oxygens (including phenoxy) is 1. The molecule has 0 saturated carbocycles. The molecule has 0 aliphatic carbocycles. The molecule has 1 heterocycles. The highest BCUT2D eigenvalue weighted by molar-refractivity contribution is 5.93. The molecule has 0 fully saturated rings. The standard InChI is InChI=1S/C21H22N4O2/c1-3-13-22-21(26)19-14-20(24-15(2)23-19)25-16-9-11-18(12-10-16)27-17-7-5-4-6-8-17/h4-12,14H,3,13H2,1-2H3,(H,22,26)(H,23,24,25). The second kappa shape index (κ2) is 8.80. The molecule has 0 radical (unpaired) electrons. The highest BCUT2D eigenvalue weighted by Crippen LogP contribution is 2.24. The van der Waals surface area contributed by atoms with Crippen molar-refractivity contribution in [3.63, 3.8) is 0 Å². The molecule has 0 spiro atoms. The Balaban J connectivity index is 1.69. The summed E-state index contributed by atoms with van der Waals surface area (Å²) in [7, 11) is 0. The summed E-state index contributed by atoms with van der Waals surface area (Å²) < 4.78 is 5.78. The van der Waals surface area contributed by atoms with Gasteiger partial charge in [-0.15, -0.1) is 0 Å². The largest absolute Gasteiger partial charge is 0.457 e. The number of para-hydroxylation sites is 1. The number of anilines is 2. The van der Waals surface area contributed by atoms with Gasteiger partial charge in [-0.25, -0.2) is 9.97 Å². The number of hydrogen-bond acceptors (Lipinski definition) is 5. The predicted octanol–water partition coefficient (Wildman–Crippen LogP) is 4.46. The van der Waals surface area contributed by atoms with Gasteiger partial charge < -0.3 is 15.4 Å². The first-order valence-corrected chi connectivity index (χ1v) is 8.88. The Morgan fingerprint density at radius 1 is 1.00 bits per heavy atom. The average molecular weight is 362 g/mol. The van der Waals surface area contributed by atoms with Crippen LogP contribution in [0.1, 0.15) is 29.7 Å². The van der Waals surface area contributed by atoms with Gasteiger partial charge in [0.1, 0.15) is 28.8 Å². The van der Waals surface area contributed by atoms with E-state index in [1.54, 1.807) is 13.0 Å². The van der Waals surface area contributed by atoms with Crippen molar-refractivity contribution in [1.29, 1.82) is 0 Å². The Bertz CT molecular complexity index is 896. The lowest BCUT2D eigenvalue weighted by Crippen LogP contribution is -2.25. The number of amides is 1. The molecular formula is C21H22N4O2. The summed E-state index contributed by atoms with van der Waals surface area (Å²) in [5, 5.41) is 6.02. The number of nitrogens with zero attached hydrogens (tertiary/aromatic N) is 2. The van der Waals surface area contributed by atoms with Crippen molar-refractivity contribution in [2.45, 2.75) is 20.3 Å². The first-order chi connectivity index (χ1) is 13.1. The molecule has 0 saturated heterocycles. The second-order valence-corrected chi connectivity index (χ2v) is 6.01. The normalized spacial score (nSPS) is 10.3. The van der Waals surface area contributed by atoms with Crippen LogP contribution >= 0.6 is 0 Å². The first-order valence-electron chi connectivity index (χ1n) is 8.88. The van der Waals surface area contributed by atoms with Crippen LogP contribution < -0.4 is 15.4 Å². The van der Waals surface area contributed by atoms with Crippen LogP contribution in [0.25, 0.3) is 0 Å². The summed E-state index contributed by atoms with van der Waals surface area (Å²) in [6.07, 6.45) is 0.873. The van der Waals surface area contributed by atoms with Gasteiger partial charge in [-0.1, -0.05) is 25.1 Å². The lowest BCUT2D eigenvalue weighted by Gasteiger charge is -2.10. The number of benzene rings is 2. The molecule has 2 N–H and O–H groups in total. The van der Waals surface area contributed by atoms with Crippen LogP contribution in [-0.2, 0) is 0 Å². The smallest absolute Gasteiger partial charge is 0.270 e. The summed E-state index contributed by atoms with van der Waals surface area (Å²) >= 11 is 0. The van der Waals surface area contributed by atoms with Gasteiger partial charge in [-0.2, -0.15) is 0 Å². The second-order valence-electron chi connectivity index (χ2n) is 6.01. The quantitative estimate of drug-likeness (QED) is 0.649. The maximum Gasteiger partial charge on any atom is 0.270 e. The Kier molecular flexibility index (Phi) is 5.99. The summed E-state index contributed by atoms with van der Waals surface area (Å²) in [6, 6.07) is 18.8. The maximum atomic E-state index is 12.1. The van der Waals surface area contributed by atoms with Crippen LogP contribution in [0.4, 0.5) is 11.5 Å². The number of rotatable bonds is 7. The molecule has 0 unspecified atom stereocenters. The molecule has 0 aliphatic rings. The number of hydrogen-bond donors (Lipinski definition) is 2. The SMILES string of the molecule is CCCNC(=O)c1cc(Nc2ccc(Oc3ccccc3)cc2)nc(C)n1. The van der Waals surface area contributed by atoms with E-state index < -0.39 is 0 Å². The van der Waals surface area contributed by atoms with Crippen LogP contribution in [0, 0.1) is 6.92 Å². The number of aryl methyl sites for hydroxylation is 1. The lowest BCUT2D eigenvalue weighted by atomic mass is 10.3. The Hall–Kier alpha value is -3.41. The highest BCUT2D eigenvalue weighted by atomic mass is 16.5. The minimum Gasteiger partial charge on any atom is -0.457 e. The van der Waals surface area contributed by atoms with Crippen molar-refractivity contribution < 1.29 is 9.53 Å². The maximum absolute atomic E-state index is 12.1. The van der Waals surface area contributed by atoms with E-state index in [-0.39, 0.29) is 5.91 Å². The average Bonchev–Trinajstić information content (AvgIpc) is 2.68. The molecule has 6 heteroatoms. The molecule has 1 aromatic heterocycles. The van der Waals surface area contributed by atoms with E-state index >= 15 is 0 Å². The molecule has 1 amide bonds. The number of aromatic nitrogens is 2. The third kappa shape index (κ3) is 5.28. The van der Waals surface area contributed by atoms with Gasteiger partial charge in [0, 0.05) is 18.3 Å². The minimum atomic E-state index is -0.197. The molecule has 0 aliphatic heterocycles. The summed E-state index contributed by atoms with van der Waals surface area (Å²) in [5.41, 5.74) is 1.19. The third-order valence-corrected chi connectivity index (χ3v) is 3.71. The molecule has 0 atom stereocenters. The molecule has 6 nitrogen and oxygen atoms in total. The molecule has 2 aromatic carbocycles. The molecule has 138 valence electrons. The lowest BCUT2D eigenvalue weighted by molar-refractivity contribution is 0.0948. The van der Waals surface area contributed by atoms with Gasteiger partial charge in [0.15, 0.2) is 0 Å². The Morgan fingerprint density at radius 3 is 2.41 bits per heavy atom. The van der Waals surface area contributed by atoms with E-state index in [2.05, 4.69) is 20.6 Å². The molecule has 0 bridgehead atoms. The van der Waals surface area contributed by atoms with Gasteiger partial charge in [0.2, 0.25) is 0 Å². The van der Waals surface area contributed by atoms with Crippen molar-refractivity contribution in [3.05, 3.63) is 72.2 Å². The zero-order valence-electron chi connectivity index (χ0n) is 15.4. The van der Waals surface area contributed by atoms with Crippen molar-refractivity contribution in [2.75, 3.05) is 11.9 Å². The number of carbonyl (C=O) groups excluding carboxylic acids is 1. The molecule has 3 aromatic rings. The van der Waals surface area contributed by atoms with Gasteiger partial charge >= 0.3 is 0 Å². The van der Waals surface area contributed by atoms with Crippen LogP contribution in [0.2, 0.25) is 0 Å². The molecular weight excluding hydrogens is 340 g/mol. The fourth-order valence-electron chi connectivity index (χ4n) is 2.46. The monoisotopic (exact) mass is 362 g/mol. The van der Waals surface area contributed by atoms with E-state index in [4.69, 9.17) is 4.74 Å². The van der Waals surface area contributed by atoms with E-state index in [9.17, 15) is 4.79 Å². The zero-order valence-corrected chi connectivity index (χ0v) is 15.4. The zero-order chi connectivity index (χ0) is 19.1. The van der Waals surface area contributed by atoms with E-state index in [1.165, 1.54) is 0 Å². The highest BCUT2D eigenvalue weighted by Gasteiger charge is 2.10. The Morgan fingerprint density at radius 2 is 1.70 bits per heavy atom. The topological polar surface area (TPSA) is 76.1 Å². The van der Waals surface area contributed by atoms with Crippen molar-refractivity contribution in [3.8, 4) is 11.5 Å². The van der Waals surface area contributed by atoms with Gasteiger partial charge in [-0.3, -0.25) is 4.79 Å². The van der Waals surface area contributed by atoms with Crippen molar-refractivity contribution >= 4 is 17.4 Å². The van der Waals surface area contributed by atoms with Crippen molar-refractivity contribution in [2.24, 2.45) is 0 Å². The third-order valence-electron chi connectivity index (χ3n) is 3.71. The molecule has 3 rings (SSSR count). The van der Waals surface area contributed by atoms with E-state index in [0.717, 1.165) is 23.6 Å². The number of carbonyl (C=O) groups is 1. The predicted molar refractivity (Wildman–Crippen MR) is 106 cm³/mol. The van der Waals surface area contributed by atoms with E-state index in [0.29, 0.717) is 23.9 Å². The van der Waals surface area contributed by atoms with Gasteiger partial charge in [0.05, 0.1) is 0 Å². The van der Waals surface area contributed by atoms with Gasteiger partial charge in [0.25, 0.3) is 5.91 Å². The van der Waals surface area contributed by atoms with Crippen molar-refractivity contribution in [1.82, 2.24) is 15.3 Å². The fourth-order valence-corrected chi connectivity index (χ4v) is 2.46. The first kappa shape index (κ1) is 18.4. The van der Waals surface area contributed by atoms with E-state index in [1.807, 2.05) is 61.5 Å². The van der Waals surface area contributed by atoms with Crippen LogP contribution in [-0.4, -0.2) is 22.4 Å². The summed E-state index contributed by atoms with van der Waals surface area (Å²) in [6.45, 7) is 4.38. The fraction of sp³-hybridized carbons (Fsp3) is 0.190. The minimum absolute atomic E-state index is 0.197. The van der Waals surface area contributed by atoms with Crippen LogP contribution in [0.3, 0.4) is 0 Å². The van der Waals surface area contributed by atoms with Crippen LogP contribution in [0.5, 0.6) is 11.5 Å². The van der Waals surface area contributed by atoms with Gasteiger partial charge in [-0.05, 0) is 49.7 Å². The summed E-state index contributed by atoms with van der Waals surface area (Å²) in [4.78, 5) is 20.7. The summed E-state index contributed by atoms with van der Waals surface area (Å²) in [5.74, 6) is 2.43. The Labute approximate surface area is 158 Å². The van der Waals surface area contributed by atoms with Crippen LogP contribution in [0.15, 0.2) is 60.7 Å². The molecule has 27 heavy (non-hydrogen) atoms.